The van der Waals surface area contributed by atoms with Gasteiger partial charge in [0.25, 0.3) is 0 Å². The number of hydrogen-bond donors (Lipinski definition) is 0. The van der Waals surface area contributed by atoms with Crippen LogP contribution in [0.15, 0.2) is 18.2 Å². The van der Waals surface area contributed by atoms with Crippen LogP contribution >= 0.6 is 27.5 Å². The molecule has 0 saturated carbocycles. The van der Waals surface area contributed by atoms with Crippen LogP contribution in [0.5, 0.6) is 0 Å². The van der Waals surface area contributed by atoms with Crippen molar-refractivity contribution >= 4 is 39.3 Å². The topological polar surface area (TPSA) is 43.4 Å². The molecular formula is C12H12BrClO3. The van der Waals surface area contributed by atoms with E-state index in [0.717, 1.165) is 5.56 Å². The number of methoxy groups -OCH3 is 1. The zero-order valence-electron chi connectivity index (χ0n) is 9.33. The molecule has 0 saturated heterocycles. The van der Waals surface area contributed by atoms with E-state index in [9.17, 15) is 9.59 Å². The molecule has 0 aliphatic heterocycles. The lowest BCUT2D eigenvalue weighted by Crippen LogP contribution is -2.11. The average molecular weight is 320 g/mol. The third-order valence-electron chi connectivity index (χ3n) is 2.27. The highest BCUT2D eigenvalue weighted by Crippen LogP contribution is 2.17. The second kappa shape index (κ2) is 6.77. The zero-order chi connectivity index (χ0) is 12.8. The van der Waals surface area contributed by atoms with Gasteiger partial charge in [0, 0.05) is 23.2 Å². The Morgan fingerprint density at radius 3 is 2.59 bits per heavy atom. The number of esters is 1. The lowest BCUT2D eigenvalue weighted by atomic mass is 10.00. The van der Waals surface area contributed by atoms with Crippen molar-refractivity contribution in [1.82, 2.24) is 0 Å². The number of hydrogen-bond acceptors (Lipinski definition) is 3. The lowest BCUT2D eigenvalue weighted by molar-refractivity contribution is 0.0597. The summed E-state index contributed by atoms with van der Waals surface area (Å²) >= 11 is 8.82. The minimum Gasteiger partial charge on any atom is -0.465 e. The number of rotatable bonds is 5. The van der Waals surface area contributed by atoms with Crippen LogP contribution < -0.4 is 0 Å². The molecule has 0 aliphatic carbocycles. The van der Waals surface area contributed by atoms with Gasteiger partial charge in [-0.05, 0) is 11.6 Å². The van der Waals surface area contributed by atoms with Crippen molar-refractivity contribution in [1.29, 1.82) is 0 Å². The predicted molar refractivity (Wildman–Crippen MR) is 70.1 cm³/mol. The van der Waals surface area contributed by atoms with Gasteiger partial charge in [0.05, 0.1) is 12.7 Å². The van der Waals surface area contributed by atoms with Crippen molar-refractivity contribution in [3.05, 3.63) is 34.9 Å². The molecular weight excluding hydrogens is 307 g/mol. The second-order valence-electron chi connectivity index (χ2n) is 3.37. The average Bonchev–Trinajstić information content (AvgIpc) is 2.37. The molecule has 0 heterocycles. The number of benzene rings is 1. The predicted octanol–water partition coefficient (Wildman–Crippen LogP) is 3.18. The largest absolute Gasteiger partial charge is 0.465 e. The monoisotopic (exact) mass is 318 g/mol. The van der Waals surface area contributed by atoms with E-state index in [2.05, 4.69) is 20.7 Å². The molecule has 0 aliphatic rings. The number of ether oxygens (including phenoxy) is 1. The van der Waals surface area contributed by atoms with Gasteiger partial charge in [-0.1, -0.05) is 28.1 Å². The van der Waals surface area contributed by atoms with Crippen molar-refractivity contribution in [3.8, 4) is 0 Å². The van der Waals surface area contributed by atoms with Crippen LogP contribution in [0.25, 0.3) is 0 Å². The molecule has 0 unspecified atom stereocenters. The molecule has 0 aromatic heterocycles. The third kappa shape index (κ3) is 3.54. The second-order valence-corrected chi connectivity index (χ2v) is 4.31. The summed E-state index contributed by atoms with van der Waals surface area (Å²) in [5, 5.41) is 0.612. The Morgan fingerprint density at radius 1 is 1.35 bits per heavy atom. The summed E-state index contributed by atoms with van der Waals surface area (Å²) in [4.78, 5) is 23.4. The quantitative estimate of drug-likeness (QED) is 0.475. The van der Waals surface area contributed by atoms with Crippen LogP contribution in [0.3, 0.4) is 0 Å². The number of halogens is 2. The molecule has 1 rings (SSSR count). The fourth-order valence-electron chi connectivity index (χ4n) is 1.42. The van der Waals surface area contributed by atoms with Crippen LogP contribution in [0.2, 0.25) is 0 Å². The fourth-order valence-corrected chi connectivity index (χ4v) is 1.94. The van der Waals surface area contributed by atoms with E-state index >= 15 is 0 Å². The maximum atomic E-state index is 11.8. The summed E-state index contributed by atoms with van der Waals surface area (Å²) in [5.74, 6) is -0.424. The summed E-state index contributed by atoms with van der Waals surface area (Å²) in [7, 11) is 1.29. The first-order valence-corrected chi connectivity index (χ1v) is 6.66. The Kier molecular flexibility index (Phi) is 5.65. The Hall–Kier alpha value is -0.870. The Balaban J connectivity index is 3.19. The summed E-state index contributed by atoms with van der Waals surface area (Å²) in [6, 6.07) is 5.09. The molecule has 0 amide bonds. The van der Waals surface area contributed by atoms with Crippen molar-refractivity contribution in [3.63, 3.8) is 0 Å². The van der Waals surface area contributed by atoms with Gasteiger partial charge in [-0.2, -0.15) is 0 Å². The molecule has 0 fully saturated rings. The number of carbonyl (C=O) groups excluding carboxylic acids is 2. The maximum absolute atomic E-state index is 11.8. The molecule has 0 bridgehead atoms. The zero-order valence-corrected chi connectivity index (χ0v) is 11.7. The summed E-state index contributed by atoms with van der Waals surface area (Å²) in [6.07, 6.45) is 0.208. The first kappa shape index (κ1) is 14.2. The smallest absolute Gasteiger partial charge is 0.338 e. The van der Waals surface area contributed by atoms with Gasteiger partial charge in [0.2, 0.25) is 0 Å². The van der Waals surface area contributed by atoms with Gasteiger partial charge in [0.15, 0.2) is 5.78 Å². The highest BCUT2D eigenvalue weighted by Gasteiger charge is 2.17. The molecule has 0 N–H and O–H groups in total. The minimum absolute atomic E-state index is 0.151. The van der Waals surface area contributed by atoms with E-state index in [1.165, 1.54) is 7.11 Å². The Labute approximate surface area is 113 Å². The summed E-state index contributed by atoms with van der Waals surface area (Å²) in [5.41, 5.74) is 1.56. The summed E-state index contributed by atoms with van der Waals surface area (Å²) in [6.45, 7) is 0. The highest BCUT2D eigenvalue weighted by atomic mass is 79.9. The highest BCUT2D eigenvalue weighted by molar-refractivity contribution is 9.08. The first-order valence-electron chi connectivity index (χ1n) is 5.00. The maximum Gasteiger partial charge on any atom is 0.338 e. The van der Waals surface area contributed by atoms with Crippen molar-refractivity contribution < 1.29 is 14.3 Å². The fraction of sp³-hybridized carbons (Fsp3) is 0.333. The molecule has 0 atom stereocenters. The van der Waals surface area contributed by atoms with Crippen LogP contribution in [-0.2, 0) is 10.1 Å². The molecule has 92 valence electrons. The van der Waals surface area contributed by atoms with Crippen LogP contribution in [-0.4, -0.2) is 24.7 Å². The molecule has 5 heteroatoms. The van der Waals surface area contributed by atoms with Crippen LogP contribution in [0.1, 0.15) is 32.7 Å². The summed E-state index contributed by atoms with van der Waals surface area (Å²) < 4.78 is 4.67. The van der Waals surface area contributed by atoms with Crippen molar-refractivity contribution in [2.24, 2.45) is 0 Å². The van der Waals surface area contributed by atoms with E-state index in [4.69, 9.17) is 11.6 Å². The van der Waals surface area contributed by atoms with Crippen molar-refractivity contribution in [2.75, 3.05) is 13.0 Å². The molecule has 17 heavy (non-hydrogen) atoms. The Morgan fingerprint density at radius 2 is 2.06 bits per heavy atom. The van der Waals surface area contributed by atoms with Gasteiger partial charge in [-0.3, -0.25) is 4.79 Å². The van der Waals surface area contributed by atoms with Crippen molar-refractivity contribution in [2.45, 2.75) is 11.8 Å². The number of alkyl halides is 2. The van der Waals surface area contributed by atoms with E-state index in [0.29, 0.717) is 16.5 Å². The number of carbonyl (C=O) groups is 2. The van der Waals surface area contributed by atoms with Gasteiger partial charge in [-0.15, -0.1) is 11.6 Å². The molecule has 3 nitrogen and oxygen atoms in total. The normalized spacial score (nSPS) is 10.1. The van der Waals surface area contributed by atoms with E-state index in [1.807, 2.05) is 0 Å². The SMILES string of the molecule is COC(=O)c1cc(CBr)ccc1C(=O)CCCl. The molecule has 1 aromatic carbocycles. The van der Waals surface area contributed by atoms with Gasteiger partial charge in [0.1, 0.15) is 0 Å². The third-order valence-corrected chi connectivity index (χ3v) is 3.10. The Bertz CT molecular complexity index is 432. The first-order chi connectivity index (χ1) is 8.13. The molecule has 0 spiro atoms. The van der Waals surface area contributed by atoms with E-state index in [-0.39, 0.29) is 18.1 Å². The number of ketones is 1. The standard InChI is InChI=1S/C12H12BrClO3/c1-17-12(16)10-6-8(7-13)2-3-9(10)11(15)4-5-14/h2-3,6H,4-5,7H2,1H3. The molecule has 1 aromatic rings. The van der Waals surface area contributed by atoms with Gasteiger partial charge in [-0.25, -0.2) is 4.79 Å². The van der Waals surface area contributed by atoms with Gasteiger partial charge >= 0.3 is 5.97 Å². The minimum atomic E-state index is -0.509. The lowest BCUT2D eigenvalue weighted by Gasteiger charge is -2.08. The van der Waals surface area contributed by atoms with Crippen LogP contribution in [0, 0.1) is 0 Å². The van der Waals surface area contributed by atoms with Crippen LogP contribution in [0.4, 0.5) is 0 Å². The van der Waals surface area contributed by atoms with Gasteiger partial charge < -0.3 is 4.74 Å². The number of Topliss-reactive ketones (excluding diaryl/α,β-unsaturated/α-hetero) is 1. The molecule has 0 radical (unpaired) electrons. The van der Waals surface area contributed by atoms with E-state index < -0.39 is 5.97 Å². The van der Waals surface area contributed by atoms with E-state index in [1.54, 1.807) is 18.2 Å².